The van der Waals surface area contributed by atoms with Crippen LogP contribution < -0.4 is 10.0 Å². The number of anilines is 2. The molecule has 0 atom stereocenters. The molecule has 0 aliphatic carbocycles. The number of aromatic nitrogens is 3. The van der Waals surface area contributed by atoms with Crippen LogP contribution in [0.2, 0.25) is 5.02 Å². The number of rotatable bonds is 8. The summed E-state index contributed by atoms with van der Waals surface area (Å²) in [6.07, 6.45) is 2.21. The fourth-order valence-electron chi connectivity index (χ4n) is 2.79. The Hall–Kier alpha value is -2.84. The minimum Gasteiger partial charge on any atom is -0.353 e. The van der Waals surface area contributed by atoms with Crippen molar-refractivity contribution in [2.24, 2.45) is 0 Å². The first-order valence-electron chi connectivity index (χ1n) is 9.48. The number of halogens is 1. The Morgan fingerprint density at radius 1 is 1.17 bits per heavy atom. The number of benzene rings is 2. The summed E-state index contributed by atoms with van der Waals surface area (Å²) in [5.74, 6) is 0.451. The molecule has 1 aromatic heterocycles. The largest absolute Gasteiger partial charge is 0.353 e. The molecule has 2 N–H and O–H groups in total. The molecule has 0 amide bonds. The Morgan fingerprint density at radius 2 is 1.83 bits per heavy atom. The number of hydrogen-bond donors (Lipinski definition) is 2. The highest BCUT2D eigenvalue weighted by Crippen LogP contribution is 2.26. The number of sulfonamides is 1. The van der Waals surface area contributed by atoms with Gasteiger partial charge in [0.2, 0.25) is 0 Å². The number of hydrogen-bond acceptors (Lipinski definition) is 5. The molecule has 7 nitrogen and oxygen atoms in total. The van der Waals surface area contributed by atoms with Crippen molar-refractivity contribution in [3.63, 3.8) is 0 Å². The minimum absolute atomic E-state index is 0.179. The fraction of sp³-hybridized carbons (Fsp3) is 0.238. The van der Waals surface area contributed by atoms with Crippen LogP contribution in [0.1, 0.15) is 38.2 Å². The first-order valence-corrected chi connectivity index (χ1v) is 11.3. The van der Waals surface area contributed by atoms with Crippen LogP contribution in [0.3, 0.4) is 0 Å². The molecule has 0 fully saturated rings. The highest BCUT2D eigenvalue weighted by atomic mass is 35.5. The summed E-state index contributed by atoms with van der Waals surface area (Å²) >= 11 is 5.88. The molecular formula is C21H24ClN5O2S. The summed E-state index contributed by atoms with van der Waals surface area (Å²) in [5, 5.41) is 8.01. The van der Waals surface area contributed by atoms with E-state index in [4.69, 9.17) is 11.6 Å². The second-order valence-corrected chi connectivity index (χ2v) is 9.12. The number of nitrogens with one attached hydrogen (secondary N) is 2. The molecule has 0 aliphatic rings. The van der Waals surface area contributed by atoms with Crippen molar-refractivity contribution in [2.45, 2.75) is 38.1 Å². The molecule has 0 saturated carbocycles. The van der Waals surface area contributed by atoms with Crippen molar-refractivity contribution in [1.29, 1.82) is 0 Å². The van der Waals surface area contributed by atoms with E-state index in [0.717, 1.165) is 0 Å². The van der Waals surface area contributed by atoms with Gasteiger partial charge >= 0.3 is 0 Å². The third-order valence-electron chi connectivity index (χ3n) is 4.44. The highest BCUT2D eigenvalue weighted by Gasteiger charge is 2.19. The number of nitrogens with zero attached hydrogens (tertiary/aromatic N) is 3. The Labute approximate surface area is 181 Å². The summed E-state index contributed by atoms with van der Waals surface area (Å²) in [6, 6.07) is 11.9. The van der Waals surface area contributed by atoms with Crippen molar-refractivity contribution >= 4 is 38.7 Å². The van der Waals surface area contributed by atoms with E-state index in [-0.39, 0.29) is 10.9 Å². The van der Waals surface area contributed by atoms with Gasteiger partial charge in [-0.25, -0.2) is 18.1 Å². The molecule has 1 heterocycles. The zero-order chi connectivity index (χ0) is 21.9. The fourth-order valence-corrected chi connectivity index (χ4v) is 4.32. The van der Waals surface area contributed by atoms with Gasteiger partial charge in [-0.15, -0.1) is 5.10 Å². The maximum atomic E-state index is 13.0. The number of aryl methyl sites for hydroxylation is 1. The van der Waals surface area contributed by atoms with E-state index in [1.165, 1.54) is 0 Å². The maximum Gasteiger partial charge on any atom is 0.262 e. The van der Waals surface area contributed by atoms with E-state index < -0.39 is 10.0 Å². The molecular weight excluding hydrogens is 422 g/mol. The van der Waals surface area contributed by atoms with Crippen molar-refractivity contribution in [1.82, 2.24) is 14.8 Å². The third kappa shape index (κ3) is 5.01. The summed E-state index contributed by atoms with van der Waals surface area (Å²) in [7, 11) is -3.80. The highest BCUT2D eigenvalue weighted by molar-refractivity contribution is 7.92. The Morgan fingerprint density at radius 3 is 2.43 bits per heavy atom. The summed E-state index contributed by atoms with van der Waals surface area (Å²) in [4.78, 5) is 4.44. The van der Waals surface area contributed by atoms with E-state index in [0.29, 0.717) is 39.9 Å². The van der Waals surface area contributed by atoms with Crippen LogP contribution in [0.25, 0.3) is 5.70 Å². The van der Waals surface area contributed by atoms with Crippen LogP contribution in [0.5, 0.6) is 0 Å². The van der Waals surface area contributed by atoms with Crippen LogP contribution in [-0.2, 0) is 16.4 Å². The molecule has 2 aromatic carbocycles. The van der Waals surface area contributed by atoms with Gasteiger partial charge in [0, 0.05) is 22.4 Å². The smallest absolute Gasteiger partial charge is 0.262 e. The molecule has 0 unspecified atom stereocenters. The van der Waals surface area contributed by atoms with Crippen molar-refractivity contribution < 1.29 is 8.42 Å². The van der Waals surface area contributed by atoms with Crippen molar-refractivity contribution in [2.75, 3.05) is 10.0 Å². The standard InChI is InChI=1S/C21H24ClN5O2S/c1-5-16-6-9-19(24-15(4)21-23-13-27(25-21)14(2)3)12-20(16)30(28,29)26-18-10-7-17(22)8-11-18/h6-14,24,26H,4-5H2,1-3H3. The Bertz CT molecular complexity index is 1150. The van der Waals surface area contributed by atoms with Gasteiger partial charge in [0.25, 0.3) is 10.0 Å². The average molecular weight is 446 g/mol. The van der Waals surface area contributed by atoms with Gasteiger partial charge in [-0.1, -0.05) is 31.2 Å². The topological polar surface area (TPSA) is 88.9 Å². The minimum atomic E-state index is -3.80. The van der Waals surface area contributed by atoms with Gasteiger partial charge in [-0.3, -0.25) is 4.72 Å². The first kappa shape index (κ1) is 21.9. The first-order chi connectivity index (χ1) is 14.2. The molecule has 3 rings (SSSR count). The van der Waals surface area contributed by atoms with E-state index >= 15 is 0 Å². The molecule has 0 radical (unpaired) electrons. The van der Waals surface area contributed by atoms with E-state index in [1.807, 2.05) is 26.8 Å². The molecule has 0 spiro atoms. The van der Waals surface area contributed by atoms with Gasteiger partial charge in [-0.2, -0.15) is 0 Å². The molecule has 3 aromatic rings. The van der Waals surface area contributed by atoms with Gasteiger partial charge in [-0.05, 0) is 62.2 Å². The molecule has 0 bridgehead atoms. The third-order valence-corrected chi connectivity index (χ3v) is 6.15. The van der Waals surface area contributed by atoms with Gasteiger partial charge < -0.3 is 5.32 Å². The van der Waals surface area contributed by atoms with E-state index in [9.17, 15) is 8.42 Å². The zero-order valence-electron chi connectivity index (χ0n) is 17.1. The van der Waals surface area contributed by atoms with Gasteiger partial charge in [0.1, 0.15) is 6.33 Å². The Kier molecular flexibility index (Phi) is 6.48. The average Bonchev–Trinajstić information content (AvgIpc) is 3.20. The molecule has 30 heavy (non-hydrogen) atoms. The lowest BCUT2D eigenvalue weighted by atomic mass is 10.1. The SMILES string of the molecule is C=C(Nc1ccc(CC)c(S(=O)(=O)Nc2ccc(Cl)cc2)c1)c1ncn(C(C)C)n1. The summed E-state index contributed by atoms with van der Waals surface area (Å²) in [5.41, 5.74) is 2.20. The quantitative estimate of drug-likeness (QED) is 0.511. The van der Waals surface area contributed by atoms with Crippen molar-refractivity contribution in [3.05, 3.63) is 71.8 Å². The molecule has 158 valence electrons. The van der Waals surface area contributed by atoms with Crippen LogP contribution >= 0.6 is 11.6 Å². The second-order valence-electron chi connectivity index (χ2n) is 7.03. The zero-order valence-corrected chi connectivity index (χ0v) is 18.6. The van der Waals surface area contributed by atoms with Gasteiger partial charge in [0.15, 0.2) is 5.82 Å². The normalized spacial score (nSPS) is 11.5. The van der Waals surface area contributed by atoms with Crippen LogP contribution in [0, 0.1) is 0 Å². The van der Waals surface area contributed by atoms with Crippen molar-refractivity contribution in [3.8, 4) is 0 Å². The van der Waals surface area contributed by atoms with Crippen LogP contribution in [-0.4, -0.2) is 23.2 Å². The van der Waals surface area contributed by atoms with E-state index in [1.54, 1.807) is 47.4 Å². The van der Waals surface area contributed by atoms with Crippen LogP contribution in [0.4, 0.5) is 11.4 Å². The summed E-state index contributed by atoms with van der Waals surface area (Å²) < 4.78 is 30.4. The Balaban J connectivity index is 1.87. The maximum absolute atomic E-state index is 13.0. The van der Waals surface area contributed by atoms with Gasteiger partial charge in [0.05, 0.1) is 10.6 Å². The predicted molar refractivity (Wildman–Crippen MR) is 121 cm³/mol. The lowest BCUT2D eigenvalue weighted by Gasteiger charge is -2.14. The summed E-state index contributed by atoms with van der Waals surface area (Å²) in [6.45, 7) is 9.89. The molecule has 9 heteroatoms. The molecule has 0 aliphatic heterocycles. The van der Waals surface area contributed by atoms with E-state index in [2.05, 4.69) is 26.7 Å². The molecule has 0 saturated heterocycles. The van der Waals surface area contributed by atoms with Crippen LogP contribution in [0.15, 0.2) is 60.3 Å². The lowest BCUT2D eigenvalue weighted by molar-refractivity contribution is 0.530. The monoisotopic (exact) mass is 445 g/mol. The lowest BCUT2D eigenvalue weighted by Crippen LogP contribution is -2.15. The predicted octanol–water partition coefficient (Wildman–Crippen LogP) is 4.96. The second kappa shape index (κ2) is 8.89.